The van der Waals surface area contributed by atoms with E-state index in [0.29, 0.717) is 18.8 Å². The van der Waals surface area contributed by atoms with Crippen LogP contribution in [0.2, 0.25) is 0 Å². The molecule has 1 aliphatic heterocycles. The molecule has 2 aromatic rings. The number of nitrogens with zero attached hydrogens (tertiary/aromatic N) is 2. The van der Waals surface area contributed by atoms with E-state index in [-0.39, 0.29) is 22.3 Å². The summed E-state index contributed by atoms with van der Waals surface area (Å²) in [4.78, 5) is 16.7. The lowest BCUT2D eigenvalue weighted by atomic mass is 10.2. The van der Waals surface area contributed by atoms with Gasteiger partial charge >= 0.3 is 0 Å². The normalized spacial score (nSPS) is 15.4. The van der Waals surface area contributed by atoms with E-state index in [1.165, 1.54) is 40.6 Å². The van der Waals surface area contributed by atoms with Crippen LogP contribution in [0.25, 0.3) is 0 Å². The third kappa shape index (κ3) is 5.05. The predicted octanol–water partition coefficient (Wildman–Crippen LogP) is 3.37. The van der Waals surface area contributed by atoms with Crippen molar-refractivity contribution in [1.29, 1.82) is 0 Å². The highest BCUT2D eigenvalue weighted by molar-refractivity contribution is 8.01. The van der Waals surface area contributed by atoms with Gasteiger partial charge in [-0.05, 0) is 38.0 Å². The standard InChI is InChI=1S/C18H23N3O4S3/c1-13-11-26-18(19-13)27-12-17(22)20-14-6-7-15(25-2)16(10-14)28(23,24)21-8-4-3-5-9-21/h6-7,10-11H,3-5,8-9,12H2,1-2H3,(H,20,22). The molecule has 1 N–H and O–H groups in total. The van der Waals surface area contributed by atoms with Gasteiger partial charge in [0.1, 0.15) is 10.6 Å². The number of methoxy groups -OCH3 is 1. The van der Waals surface area contributed by atoms with Crippen molar-refractivity contribution in [1.82, 2.24) is 9.29 Å². The molecule has 28 heavy (non-hydrogen) atoms. The van der Waals surface area contributed by atoms with E-state index in [1.54, 1.807) is 12.1 Å². The maximum atomic E-state index is 13.0. The Morgan fingerprint density at radius 3 is 2.71 bits per heavy atom. The smallest absolute Gasteiger partial charge is 0.246 e. The Labute approximate surface area is 173 Å². The van der Waals surface area contributed by atoms with E-state index in [1.807, 2.05) is 12.3 Å². The Hall–Kier alpha value is -1.62. The highest BCUT2D eigenvalue weighted by atomic mass is 32.2. The fourth-order valence-corrected chi connectivity index (χ4v) is 6.27. The number of thioether (sulfide) groups is 1. The van der Waals surface area contributed by atoms with Crippen LogP contribution in [0.5, 0.6) is 5.75 Å². The number of piperidine rings is 1. The summed E-state index contributed by atoms with van der Waals surface area (Å²) in [5.41, 5.74) is 1.35. The van der Waals surface area contributed by atoms with Crippen LogP contribution in [-0.4, -0.2) is 49.6 Å². The van der Waals surface area contributed by atoms with Crippen molar-refractivity contribution in [3.05, 3.63) is 29.3 Å². The summed E-state index contributed by atoms with van der Waals surface area (Å²) >= 11 is 2.85. The number of sulfonamides is 1. The maximum Gasteiger partial charge on any atom is 0.246 e. The van der Waals surface area contributed by atoms with Gasteiger partial charge in [0.2, 0.25) is 15.9 Å². The second kappa shape index (κ2) is 9.25. The van der Waals surface area contributed by atoms with E-state index in [0.717, 1.165) is 29.3 Å². The highest BCUT2D eigenvalue weighted by Crippen LogP contribution is 2.31. The zero-order valence-corrected chi connectivity index (χ0v) is 18.3. The molecule has 1 amide bonds. The molecule has 0 radical (unpaired) electrons. The number of hydrogen-bond acceptors (Lipinski definition) is 7. The van der Waals surface area contributed by atoms with Crippen molar-refractivity contribution in [2.45, 2.75) is 35.4 Å². The zero-order chi connectivity index (χ0) is 20.1. The molecule has 152 valence electrons. The molecular formula is C18H23N3O4S3. The molecule has 10 heteroatoms. The topological polar surface area (TPSA) is 88.6 Å². The van der Waals surface area contributed by atoms with Crippen LogP contribution in [0.4, 0.5) is 5.69 Å². The van der Waals surface area contributed by atoms with Gasteiger partial charge in [-0.1, -0.05) is 18.2 Å². The third-order valence-electron chi connectivity index (χ3n) is 4.30. The van der Waals surface area contributed by atoms with E-state index in [9.17, 15) is 13.2 Å². The van der Waals surface area contributed by atoms with Gasteiger partial charge in [0.15, 0.2) is 4.34 Å². The number of benzene rings is 1. The molecule has 1 fully saturated rings. The monoisotopic (exact) mass is 441 g/mol. The van der Waals surface area contributed by atoms with Crippen molar-refractivity contribution < 1.29 is 17.9 Å². The molecule has 1 saturated heterocycles. The van der Waals surface area contributed by atoms with Crippen LogP contribution in [0, 0.1) is 6.92 Å². The summed E-state index contributed by atoms with van der Waals surface area (Å²) in [6.07, 6.45) is 2.74. The van der Waals surface area contributed by atoms with Crippen LogP contribution in [0.3, 0.4) is 0 Å². The first-order valence-corrected chi connectivity index (χ1v) is 12.2. The van der Waals surface area contributed by atoms with E-state index in [4.69, 9.17) is 4.74 Å². The lowest BCUT2D eigenvalue weighted by Crippen LogP contribution is -2.35. The first-order chi connectivity index (χ1) is 13.4. The van der Waals surface area contributed by atoms with Crippen molar-refractivity contribution in [3.8, 4) is 5.75 Å². The average molecular weight is 442 g/mol. The molecule has 2 heterocycles. The van der Waals surface area contributed by atoms with Crippen molar-refractivity contribution in [2.75, 3.05) is 31.3 Å². The summed E-state index contributed by atoms with van der Waals surface area (Å²) in [6, 6.07) is 4.69. The summed E-state index contributed by atoms with van der Waals surface area (Å²) in [5, 5.41) is 4.70. The number of aromatic nitrogens is 1. The third-order valence-corrected chi connectivity index (χ3v) is 8.36. The number of rotatable bonds is 7. The van der Waals surface area contributed by atoms with Crippen LogP contribution >= 0.6 is 23.1 Å². The molecule has 0 saturated carbocycles. The second-order valence-electron chi connectivity index (χ2n) is 6.42. The molecule has 0 aliphatic carbocycles. The van der Waals surface area contributed by atoms with Gasteiger partial charge in [-0.15, -0.1) is 11.3 Å². The summed E-state index contributed by atoms with van der Waals surface area (Å²) < 4.78 is 33.7. The fraction of sp³-hybridized carbons (Fsp3) is 0.444. The molecule has 0 spiro atoms. The lowest BCUT2D eigenvalue weighted by molar-refractivity contribution is -0.113. The number of ether oxygens (including phenoxy) is 1. The highest BCUT2D eigenvalue weighted by Gasteiger charge is 2.29. The number of carbonyl (C=O) groups is 1. The minimum atomic E-state index is -3.67. The predicted molar refractivity (Wildman–Crippen MR) is 112 cm³/mol. The molecule has 0 atom stereocenters. The SMILES string of the molecule is COc1ccc(NC(=O)CSc2nc(C)cs2)cc1S(=O)(=O)N1CCCCC1. The lowest BCUT2D eigenvalue weighted by Gasteiger charge is -2.26. The largest absolute Gasteiger partial charge is 0.495 e. The zero-order valence-electron chi connectivity index (χ0n) is 15.8. The van der Waals surface area contributed by atoms with Crippen molar-refractivity contribution >= 4 is 44.7 Å². The minimum absolute atomic E-state index is 0.0814. The first-order valence-electron chi connectivity index (χ1n) is 8.93. The van der Waals surface area contributed by atoms with Gasteiger partial charge in [0.05, 0.1) is 12.9 Å². The number of carbonyl (C=O) groups excluding carboxylic acids is 1. The molecule has 0 bridgehead atoms. The Morgan fingerprint density at radius 2 is 2.07 bits per heavy atom. The van der Waals surface area contributed by atoms with Crippen LogP contribution < -0.4 is 10.1 Å². The molecule has 0 unspecified atom stereocenters. The van der Waals surface area contributed by atoms with Gasteiger partial charge in [-0.2, -0.15) is 4.31 Å². The fourth-order valence-electron chi connectivity index (χ4n) is 2.92. The van der Waals surface area contributed by atoms with Crippen molar-refractivity contribution in [2.24, 2.45) is 0 Å². The molecular weight excluding hydrogens is 418 g/mol. The van der Waals surface area contributed by atoms with Gasteiger partial charge in [-0.3, -0.25) is 4.79 Å². The van der Waals surface area contributed by atoms with Crippen LogP contribution in [0.15, 0.2) is 32.8 Å². The molecule has 1 aliphatic rings. The van der Waals surface area contributed by atoms with E-state index in [2.05, 4.69) is 10.3 Å². The van der Waals surface area contributed by atoms with E-state index < -0.39 is 10.0 Å². The molecule has 1 aromatic heterocycles. The molecule has 1 aromatic carbocycles. The Morgan fingerprint density at radius 1 is 1.32 bits per heavy atom. The number of hydrogen-bond donors (Lipinski definition) is 1. The molecule has 7 nitrogen and oxygen atoms in total. The maximum absolute atomic E-state index is 13.0. The van der Waals surface area contributed by atoms with Crippen LogP contribution in [0.1, 0.15) is 25.0 Å². The number of aryl methyl sites for hydroxylation is 1. The van der Waals surface area contributed by atoms with Crippen LogP contribution in [-0.2, 0) is 14.8 Å². The Kier molecular flexibility index (Phi) is 6.97. The Balaban J connectivity index is 1.73. The minimum Gasteiger partial charge on any atom is -0.495 e. The summed E-state index contributed by atoms with van der Waals surface area (Å²) in [7, 11) is -2.23. The van der Waals surface area contributed by atoms with Gasteiger partial charge in [0.25, 0.3) is 0 Å². The van der Waals surface area contributed by atoms with E-state index >= 15 is 0 Å². The first kappa shape index (κ1) is 21.1. The van der Waals surface area contributed by atoms with Crippen molar-refractivity contribution in [3.63, 3.8) is 0 Å². The summed E-state index contributed by atoms with van der Waals surface area (Å²) in [5.74, 6) is 0.258. The van der Waals surface area contributed by atoms with Gasteiger partial charge in [-0.25, -0.2) is 13.4 Å². The summed E-state index contributed by atoms with van der Waals surface area (Å²) in [6.45, 7) is 2.92. The number of anilines is 1. The Bertz CT molecular complexity index is 937. The quantitative estimate of drug-likeness (QED) is 0.663. The number of nitrogens with one attached hydrogen (secondary N) is 1. The van der Waals surface area contributed by atoms with Gasteiger partial charge in [0, 0.05) is 29.9 Å². The average Bonchev–Trinajstić information content (AvgIpc) is 3.12. The second-order valence-corrected chi connectivity index (χ2v) is 10.4. The number of amides is 1. The van der Waals surface area contributed by atoms with Gasteiger partial charge < -0.3 is 10.1 Å². The molecule has 3 rings (SSSR count). The number of thiazole rings is 1.